The lowest BCUT2D eigenvalue weighted by atomic mass is 10.3. The van der Waals surface area contributed by atoms with E-state index in [2.05, 4.69) is 43.1 Å². The standard InChI is InChI=1S/C14H13BrN4/c1-9(17-13-7-6-10(15)8-16-13)14-18-11-4-2-3-5-12(11)19-14/h2-9H,1H3,(H,16,17)(H,18,19). The van der Waals surface area contributed by atoms with Crippen LogP contribution in [0.1, 0.15) is 18.8 Å². The maximum atomic E-state index is 4.57. The number of imidazole rings is 1. The minimum Gasteiger partial charge on any atom is -0.360 e. The summed E-state index contributed by atoms with van der Waals surface area (Å²) in [4.78, 5) is 12.2. The number of rotatable bonds is 3. The Morgan fingerprint density at radius 3 is 2.79 bits per heavy atom. The first kappa shape index (κ1) is 12.2. The summed E-state index contributed by atoms with van der Waals surface area (Å²) in [6.45, 7) is 2.06. The Bertz CT molecular complexity index is 657. The molecule has 4 nitrogen and oxygen atoms in total. The summed E-state index contributed by atoms with van der Waals surface area (Å²) in [7, 11) is 0. The van der Waals surface area contributed by atoms with Crippen LogP contribution in [0, 0.1) is 0 Å². The maximum absolute atomic E-state index is 4.57. The van der Waals surface area contributed by atoms with E-state index < -0.39 is 0 Å². The van der Waals surface area contributed by atoms with Gasteiger partial charge in [0, 0.05) is 10.7 Å². The number of benzene rings is 1. The monoisotopic (exact) mass is 316 g/mol. The lowest BCUT2D eigenvalue weighted by molar-refractivity contribution is 0.808. The van der Waals surface area contributed by atoms with E-state index in [0.717, 1.165) is 27.1 Å². The summed E-state index contributed by atoms with van der Waals surface area (Å²) in [5.41, 5.74) is 2.03. The van der Waals surface area contributed by atoms with Gasteiger partial charge in [-0.1, -0.05) is 12.1 Å². The number of hydrogen-bond acceptors (Lipinski definition) is 3. The van der Waals surface area contributed by atoms with Gasteiger partial charge in [0.05, 0.1) is 17.1 Å². The van der Waals surface area contributed by atoms with Crippen molar-refractivity contribution in [1.29, 1.82) is 0 Å². The van der Waals surface area contributed by atoms with Gasteiger partial charge in [-0.05, 0) is 47.1 Å². The molecule has 96 valence electrons. The van der Waals surface area contributed by atoms with Gasteiger partial charge in [0.1, 0.15) is 11.6 Å². The maximum Gasteiger partial charge on any atom is 0.129 e. The van der Waals surface area contributed by atoms with Crippen LogP contribution in [-0.4, -0.2) is 15.0 Å². The Morgan fingerprint density at radius 1 is 1.21 bits per heavy atom. The molecule has 0 radical (unpaired) electrons. The Labute approximate surface area is 119 Å². The summed E-state index contributed by atoms with van der Waals surface area (Å²) in [5.74, 6) is 1.74. The number of hydrogen-bond donors (Lipinski definition) is 2. The molecule has 1 aromatic carbocycles. The van der Waals surface area contributed by atoms with Crippen LogP contribution >= 0.6 is 15.9 Å². The predicted molar refractivity (Wildman–Crippen MR) is 80.1 cm³/mol. The van der Waals surface area contributed by atoms with Gasteiger partial charge in [0.25, 0.3) is 0 Å². The molecular formula is C14H13BrN4. The van der Waals surface area contributed by atoms with Crippen molar-refractivity contribution in [2.75, 3.05) is 5.32 Å². The van der Waals surface area contributed by atoms with Crippen molar-refractivity contribution in [2.45, 2.75) is 13.0 Å². The van der Waals surface area contributed by atoms with Crippen molar-refractivity contribution in [1.82, 2.24) is 15.0 Å². The SMILES string of the molecule is CC(Nc1ccc(Br)cn1)c1nc2ccccc2[nH]1. The van der Waals surface area contributed by atoms with E-state index in [-0.39, 0.29) is 6.04 Å². The number of fused-ring (bicyclic) bond motifs is 1. The Balaban J connectivity index is 1.83. The van der Waals surface area contributed by atoms with Crippen LogP contribution in [0.5, 0.6) is 0 Å². The molecule has 1 atom stereocenters. The highest BCUT2D eigenvalue weighted by atomic mass is 79.9. The highest BCUT2D eigenvalue weighted by Crippen LogP contribution is 2.19. The van der Waals surface area contributed by atoms with Gasteiger partial charge in [-0.15, -0.1) is 0 Å². The van der Waals surface area contributed by atoms with Crippen LogP contribution in [0.4, 0.5) is 5.82 Å². The summed E-state index contributed by atoms with van der Waals surface area (Å²) < 4.78 is 0.967. The number of aromatic nitrogens is 3. The molecule has 0 saturated carbocycles. The molecule has 5 heteroatoms. The lowest BCUT2D eigenvalue weighted by Crippen LogP contribution is -2.09. The molecule has 0 bridgehead atoms. The molecule has 3 rings (SSSR count). The average Bonchev–Trinajstić information content (AvgIpc) is 2.85. The number of H-pyrrole nitrogens is 1. The molecule has 19 heavy (non-hydrogen) atoms. The van der Waals surface area contributed by atoms with E-state index in [1.807, 2.05) is 36.4 Å². The van der Waals surface area contributed by atoms with Crippen molar-refractivity contribution in [3.8, 4) is 0 Å². The van der Waals surface area contributed by atoms with E-state index in [4.69, 9.17) is 0 Å². The second-order valence-electron chi connectivity index (χ2n) is 4.37. The zero-order valence-electron chi connectivity index (χ0n) is 10.4. The summed E-state index contributed by atoms with van der Waals surface area (Å²) in [5, 5.41) is 3.32. The minimum atomic E-state index is 0.0704. The molecule has 0 saturated heterocycles. The van der Waals surface area contributed by atoms with Gasteiger partial charge in [-0.25, -0.2) is 9.97 Å². The number of aromatic amines is 1. The van der Waals surface area contributed by atoms with E-state index in [9.17, 15) is 0 Å². The fourth-order valence-electron chi connectivity index (χ4n) is 1.93. The fraction of sp³-hybridized carbons (Fsp3) is 0.143. The molecule has 2 aromatic heterocycles. The Kier molecular flexibility index (Phi) is 3.21. The second-order valence-corrected chi connectivity index (χ2v) is 5.28. The zero-order chi connectivity index (χ0) is 13.2. The number of anilines is 1. The number of nitrogens with zero attached hydrogens (tertiary/aromatic N) is 2. The molecule has 3 aromatic rings. The van der Waals surface area contributed by atoms with Crippen molar-refractivity contribution in [2.24, 2.45) is 0 Å². The number of pyridine rings is 1. The van der Waals surface area contributed by atoms with Crippen molar-refractivity contribution < 1.29 is 0 Å². The molecular weight excluding hydrogens is 304 g/mol. The van der Waals surface area contributed by atoms with Crippen LogP contribution in [0.25, 0.3) is 11.0 Å². The van der Waals surface area contributed by atoms with Crippen LogP contribution in [0.2, 0.25) is 0 Å². The van der Waals surface area contributed by atoms with Gasteiger partial charge >= 0.3 is 0 Å². The average molecular weight is 317 g/mol. The first-order chi connectivity index (χ1) is 9.22. The summed E-state index contributed by atoms with van der Waals surface area (Å²) >= 11 is 3.37. The van der Waals surface area contributed by atoms with Gasteiger partial charge in [-0.2, -0.15) is 0 Å². The number of para-hydroxylation sites is 2. The molecule has 0 aliphatic rings. The quantitative estimate of drug-likeness (QED) is 0.770. The van der Waals surface area contributed by atoms with Gasteiger partial charge in [0.15, 0.2) is 0 Å². The molecule has 0 aliphatic carbocycles. The smallest absolute Gasteiger partial charge is 0.129 e. The van der Waals surface area contributed by atoms with Gasteiger partial charge < -0.3 is 10.3 Å². The molecule has 0 amide bonds. The van der Waals surface area contributed by atoms with Crippen molar-refractivity contribution in [3.05, 3.63) is 52.9 Å². The van der Waals surface area contributed by atoms with E-state index >= 15 is 0 Å². The Hall–Kier alpha value is -1.88. The first-order valence-electron chi connectivity index (χ1n) is 6.05. The third-order valence-corrected chi connectivity index (χ3v) is 3.38. The zero-order valence-corrected chi connectivity index (χ0v) is 12.0. The van der Waals surface area contributed by atoms with Gasteiger partial charge in [0.2, 0.25) is 0 Å². The highest BCUT2D eigenvalue weighted by molar-refractivity contribution is 9.10. The van der Waals surface area contributed by atoms with Crippen LogP contribution < -0.4 is 5.32 Å². The third kappa shape index (κ3) is 2.61. The third-order valence-electron chi connectivity index (χ3n) is 2.91. The van der Waals surface area contributed by atoms with Crippen molar-refractivity contribution in [3.63, 3.8) is 0 Å². The normalized spacial score (nSPS) is 12.5. The molecule has 2 heterocycles. The van der Waals surface area contributed by atoms with Crippen LogP contribution in [-0.2, 0) is 0 Å². The molecule has 0 spiro atoms. The number of nitrogens with one attached hydrogen (secondary N) is 2. The molecule has 1 unspecified atom stereocenters. The fourth-order valence-corrected chi connectivity index (χ4v) is 2.16. The van der Waals surface area contributed by atoms with Crippen molar-refractivity contribution >= 4 is 32.8 Å². The van der Waals surface area contributed by atoms with E-state index in [0.29, 0.717) is 0 Å². The minimum absolute atomic E-state index is 0.0704. The largest absolute Gasteiger partial charge is 0.360 e. The van der Waals surface area contributed by atoms with Crippen LogP contribution in [0.15, 0.2) is 47.1 Å². The first-order valence-corrected chi connectivity index (χ1v) is 6.84. The molecule has 2 N–H and O–H groups in total. The van der Waals surface area contributed by atoms with E-state index in [1.54, 1.807) is 6.20 Å². The van der Waals surface area contributed by atoms with Gasteiger partial charge in [-0.3, -0.25) is 0 Å². The summed E-state index contributed by atoms with van der Waals surface area (Å²) in [6.07, 6.45) is 1.77. The molecule has 0 aliphatic heterocycles. The van der Waals surface area contributed by atoms with Crippen LogP contribution in [0.3, 0.4) is 0 Å². The predicted octanol–water partition coefficient (Wildman–Crippen LogP) is 3.89. The topological polar surface area (TPSA) is 53.6 Å². The van der Waals surface area contributed by atoms with E-state index in [1.165, 1.54) is 0 Å². The second kappa shape index (κ2) is 5.01. The Morgan fingerprint density at radius 2 is 2.05 bits per heavy atom. The molecule has 0 fully saturated rings. The lowest BCUT2D eigenvalue weighted by Gasteiger charge is -2.11. The highest BCUT2D eigenvalue weighted by Gasteiger charge is 2.10. The summed E-state index contributed by atoms with van der Waals surface area (Å²) in [6, 6.07) is 12.0. The number of halogens is 1.